The van der Waals surface area contributed by atoms with Crippen LogP contribution in [-0.4, -0.2) is 6.61 Å². The van der Waals surface area contributed by atoms with Gasteiger partial charge >= 0.3 is 0 Å². The van der Waals surface area contributed by atoms with Crippen molar-refractivity contribution >= 4 is 27.3 Å². The Balaban J connectivity index is 2.40. The van der Waals surface area contributed by atoms with E-state index in [4.69, 9.17) is 10.00 Å². The van der Waals surface area contributed by atoms with E-state index in [2.05, 4.69) is 15.9 Å². The first-order chi connectivity index (χ1) is 5.34. The molecule has 0 saturated heterocycles. The monoisotopic (exact) mass is 231 g/mol. The molecule has 11 heavy (non-hydrogen) atoms. The van der Waals surface area contributed by atoms with E-state index in [1.54, 1.807) is 11.3 Å². The van der Waals surface area contributed by atoms with Gasteiger partial charge in [-0.15, -0.1) is 11.3 Å². The van der Waals surface area contributed by atoms with Crippen LogP contribution in [0.2, 0.25) is 0 Å². The lowest BCUT2D eigenvalue weighted by atomic mass is 10.5. The van der Waals surface area contributed by atoms with Crippen molar-refractivity contribution < 1.29 is 4.74 Å². The number of rotatable bonds is 3. The second kappa shape index (κ2) is 4.37. The molecule has 0 bridgehead atoms. The number of ether oxygens (including phenoxy) is 1. The molecule has 1 heterocycles. The van der Waals surface area contributed by atoms with Gasteiger partial charge in [0.05, 0.1) is 12.5 Å². The minimum absolute atomic E-state index is 0.433. The summed E-state index contributed by atoms with van der Waals surface area (Å²) in [5, 5.41) is 10.2. The molecule has 0 spiro atoms. The highest BCUT2D eigenvalue weighted by Gasteiger charge is 1.99. The quantitative estimate of drug-likeness (QED) is 0.750. The summed E-state index contributed by atoms with van der Waals surface area (Å²) in [6.45, 7) is 0.464. The molecular formula is C7H6BrNOS. The van der Waals surface area contributed by atoms with Crippen LogP contribution >= 0.6 is 27.3 Å². The fraction of sp³-hybridized carbons (Fsp3) is 0.286. The Bertz CT molecular complexity index is 266. The summed E-state index contributed by atoms with van der Waals surface area (Å²) in [6.07, 6.45) is 0.433. The largest absolute Gasteiger partial charge is 0.490 e. The van der Waals surface area contributed by atoms with Crippen LogP contribution in [0.3, 0.4) is 0 Å². The van der Waals surface area contributed by atoms with Gasteiger partial charge in [-0.25, -0.2) is 0 Å². The zero-order valence-electron chi connectivity index (χ0n) is 5.71. The topological polar surface area (TPSA) is 33.0 Å². The lowest BCUT2D eigenvalue weighted by molar-refractivity contribution is 0.326. The average molecular weight is 232 g/mol. The summed E-state index contributed by atoms with van der Waals surface area (Å²) in [6, 6.07) is 3.89. The molecule has 0 aromatic carbocycles. The molecule has 0 N–H and O–H groups in total. The van der Waals surface area contributed by atoms with Gasteiger partial charge in [-0.3, -0.25) is 0 Å². The zero-order valence-corrected chi connectivity index (χ0v) is 8.11. The van der Waals surface area contributed by atoms with E-state index >= 15 is 0 Å². The van der Waals surface area contributed by atoms with Gasteiger partial charge in [0, 0.05) is 0 Å². The maximum Gasteiger partial charge on any atom is 0.144 e. The molecule has 0 saturated carbocycles. The Kier molecular flexibility index (Phi) is 3.40. The maximum atomic E-state index is 8.23. The zero-order chi connectivity index (χ0) is 8.10. The Morgan fingerprint density at radius 2 is 2.55 bits per heavy atom. The Morgan fingerprint density at radius 3 is 3.09 bits per heavy atom. The van der Waals surface area contributed by atoms with E-state index in [0.29, 0.717) is 13.0 Å². The van der Waals surface area contributed by atoms with Crippen LogP contribution in [0.4, 0.5) is 0 Å². The third kappa shape index (κ3) is 2.52. The van der Waals surface area contributed by atoms with Crippen molar-refractivity contribution in [1.82, 2.24) is 0 Å². The SMILES string of the molecule is N#CCCOc1ccsc1Br. The molecule has 2 nitrogen and oxygen atoms in total. The molecule has 4 heteroatoms. The molecule has 0 fully saturated rings. The first-order valence-corrected chi connectivity index (χ1v) is 4.74. The lowest BCUT2D eigenvalue weighted by Gasteiger charge is -1.99. The molecule has 0 unspecified atom stereocenters. The predicted molar refractivity (Wildman–Crippen MR) is 47.7 cm³/mol. The highest BCUT2D eigenvalue weighted by Crippen LogP contribution is 2.30. The number of nitrogens with zero attached hydrogens (tertiary/aromatic N) is 1. The number of nitriles is 1. The summed E-state index contributed by atoms with van der Waals surface area (Å²) in [5.41, 5.74) is 0. The van der Waals surface area contributed by atoms with Crippen LogP contribution in [0.1, 0.15) is 6.42 Å². The molecule has 0 aliphatic rings. The average Bonchev–Trinajstić information content (AvgIpc) is 2.37. The van der Waals surface area contributed by atoms with Gasteiger partial charge in [0.15, 0.2) is 0 Å². The summed E-state index contributed by atoms with van der Waals surface area (Å²) in [4.78, 5) is 0. The van der Waals surface area contributed by atoms with Gasteiger partial charge in [-0.05, 0) is 27.4 Å². The number of halogens is 1. The smallest absolute Gasteiger partial charge is 0.144 e. The van der Waals surface area contributed by atoms with E-state index in [-0.39, 0.29) is 0 Å². The van der Waals surface area contributed by atoms with Crippen molar-refractivity contribution in [3.05, 3.63) is 15.2 Å². The van der Waals surface area contributed by atoms with Gasteiger partial charge in [0.1, 0.15) is 16.1 Å². The van der Waals surface area contributed by atoms with Crippen LogP contribution in [0.5, 0.6) is 5.75 Å². The molecule has 0 aliphatic carbocycles. The second-order valence-corrected chi connectivity index (χ2v) is 4.05. The number of hydrogen-bond acceptors (Lipinski definition) is 3. The maximum absolute atomic E-state index is 8.23. The molecule has 0 amide bonds. The van der Waals surface area contributed by atoms with Gasteiger partial charge in [0.25, 0.3) is 0 Å². The van der Waals surface area contributed by atoms with Gasteiger partial charge in [0.2, 0.25) is 0 Å². The predicted octanol–water partition coefficient (Wildman–Crippen LogP) is 2.80. The Morgan fingerprint density at radius 1 is 1.73 bits per heavy atom. The van der Waals surface area contributed by atoms with Crippen LogP contribution in [0.25, 0.3) is 0 Å². The van der Waals surface area contributed by atoms with Crippen LogP contribution in [0.15, 0.2) is 15.2 Å². The molecule has 1 aromatic heterocycles. The van der Waals surface area contributed by atoms with Gasteiger partial charge in [-0.2, -0.15) is 5.26 Å². The van der Waals surface area contributed by atoms with E-state index < -0.39 is 0 Å². The van der Waals surface area contributed by atoms with Crippen molar-refractivity contribution in [3.63, 3.8) is 0 Å². The molecular weight excluding hydrogens is 226 g/mol. The van der Waals surface area contributed by atoms with Crippen molar-refractivity contribution in [1.29, 1.82) is 5.26 Å². The third-order valence-corrected chi connectivity index (χ3v) is 2.69. The van der Waals surface area contributed by atoms with Crippen LogP contribution in [-0.2, 0) is 0 Å². The summed E-state index contributed by atoms with van der Waals surface area (Å²) >= 11 is 4.90. The third-order valence-electron chi connectivity index (χ3n) is 1.06. The standard InChI is InChI=1S/C7H6BrNOS/c8-7-6(2-5-11-7)10-4-1-3-9/h2,5H,1,4H2. The van der Waals surface area contributed by atoms with Crippen molar-refractivity contribution in [2.75, 3.05) is 6.61 Å². The number of thiophene rings is 1. The van der Waals surface area contributed by atoms with Crippen LogP contribution < -0.4 is 4.74 Å². The number of hydrogen-bond donors (Lipinski definition) is 0. The highest BCUT2D eigenvalue weighted by molar-refractivity contribution is 9.11. The molecule has 0 atom stereocenters. The molecule has 58 valence electrons. The van der Waals surface area contributed by atoms with Crippen molar-refractivity contribution in [2.24, 2.45) is 0 Å². The van der Waals surface area contributed by atoms with Crippen LogP contribution in [0, 0.1) is 11.3 Å². The van der Waals surface area contributed by atoms with E-state index in [1.807, 2.05) is 17.5 Å². The minimum atomic E-state index is 0.433. The van der Waals surface area contributed by atoms with Crippen molar-refractivity contribution in [2.45, 2.75) is 6.42 Å². The Labute approximate surface area is 77.5 Å². The van der Waals surface area contributed by atoms with E-state index in [0.717, 1.165) is 9.54 Å². The second-order valence-electron chi connectivity index (χ2n) is 1.82. The summed E-state index contributed by atoms with van der Waals surface area (Å²) < 4.78 is 6.24. The minimum Gasteiger partial charge on any atom is -0.490 e. The fourth-order valence-corrected chi connectivity index (χ4v) is 1.72. The first-order valence-electron chi connectivity index (χ1n) is 3.07. The van der Waals surface area contributed by atoms with Gasteiger partial charge < -0.3 is 4.74 Å². The van der Waals surface area contributed by atoms with E-state index in [9.17, 15) is 0 Å². The normalized spacial score (nSPS) is 9.09. The highest BCUT2D eigenvalue weighted by atomic mass is 79.9. The Hall–Kier alpha value is -0.530. The summed E-state index contributed by atoms with van der Waals surface area (Å²) in [5.74, 6) is 0.824. The molecule has 1 rings (SSSR count). The van der Waals surface area contributed by atoms with E-state index in [1.165, 1.54) is 0 Å². The lowest BCUT2D eigenvalue weighted by Crippen LogP contribution is -1.94. The fourth-order valence-electron chi connectivity index (χ4n) is 0.591. The summed E-state index contributed by atoms with van der Waals surface area (Å²) in [7, 11) is 0. The molecule has 0 aliphatic heterocycles. The van der Waals surface area contributed by atoms with Crippen molar-refractivity contribution in [3.8, 4) is 11.8 Å². The van der Waals surface area contributed by atoms with Gasteiger partial charge in [-0.1, -0.05) is 0 Å². The first kappa shape index (κ1) is 8.57. The molecule has 0 radical (unpaired) electrons. The molecule has 1 aromatic rings.